The molecule has 4 atom stereocenters. The minimum Gasteiger partial charge on any atom is -0.438 e. The van der Waals surface area contributed by atoms with Crippen LogP contribution in [0.3, 0.4) is 0 Å². The van der Waals surface area contributed by atoms with E-state index in [0.29, 0.717) is 11.6 Å². The molecule has 0 spiro atoms. The Kier molecular flexibility index (Phi) is 2.41. The molecule has 2 fully saturated rings. The lowest BCUT2D eigenvalue weighted by atomic mass is 9.72. The predicted octanol–water partition coefficient (Wildman–Crippen LogP) is -0.173. The van der Waals surface area contributed by atoms with E-state index in [9.17, 15) is 4.79 Å². The van der Waals surface area contributed by atoms with Crippen molar-refractivity contribution in [2.45, 2.75) is 31.5 Å². The van der Waals surface area contributed by atoms with Crippen molar-refractivity contribution in [1.29, 1.82) is 0 Å². The summed E-state index contributed by atoms with van der Waals surface area (Å²) in [6.45, 7) is 2.46. The standard InChI is InChI=1S/C11H15N3O3/c1-5-9(17-4-13-5)11(15)14-8-7(12)6-2-3-16-10(6)8/h4,6-8,10H,2-3,12H2,1H3,(H,14,15). The van der Waals surface area contributed by atoms with E-state index in [4.69, 9.17) is 14.9 Å². The van der Waals surface area contributed by atoms with Crippen LogP contribution in [0.2, 0.25) is 0 Å². The number of oxazole rings is 1. The quantitative estimate of drug-likeness (QED) is 0.745. The summed E-state index contributed by atoms with van der Waals surface area (Å²) in [5, 5.41) is 2.86. The Morgan fingerprint density at radius 3 is 3.18 bits per heavy atom. The van der Waals surface area contributed by atoms with Crippen LogP contribution < -0.4 is 11.1 Å². The molecule has 0 bridgehead atoms. The molecule has 1 aliphatic carbocycles. The lowest BCUT2D eigenvalue weighted by molar-refractivity contribution is -0.0164. The molecule has 1 aliphatic heterocycles. The van der Waals surface area contributed by atoms with Crippen molar-refractivity contribution in [2.24, 2.45) is 11.7 Å². The SMILES string of the molecule is Cc1ncoc1C(=O)NC1C(N)C2CCOC21. The molecule has 0 aromatic carbocycles. The van der Waals surface area contributed by atoms with Crippen LogP contribution in [-0.4, -0.2) is 35.7 Å². The molecule has 0 radical (unpaired) electrons. The number of aryl methyl sites for hydroxylation is 1. The molecule has 6 nitrogen and oxygen atoms in total. The first-order chi connectivity index (χ1) is 8.18. The average molecular weight is 237 g/mol. The first kappa shape index (κ1) is 10.7. The van der Waals surface area contributed by atoms with Crippen molar-refractivity contribution >= 4 is 5.91 Å². The number of carbonyl (C=O) groups is 1. The van der Waals surface area contributed by atoms with Crippen LogP contribution in [0.15, 0.2) is 10.8 Å². The molecule has 92 valence electrons. The van der Waals surface area contributed by atoms with Gasteiger partial charge in [-0.15, -0.1) is 0 Å². The van der Waals surface area contributed by atoms with Gasteiger partial charge in [0.1, 0.15) is 0 Å². The van der Waals surface area contributed by atoms with Gasteiger partial charge in [-0.3, -0.25) is 4.79 Å². The highest BCUT2D eigenvalue weighted by molar-refractivity contribution is 5.92. The monoisotopic (exact) mass is 237 g/mol. The normalized spacial score (nSPS) is 35.2. The van der Waals surface area contributed by atoms with Crippen LogP contribution >= 0.6 is 0 Å². The van der Waals surface area contributed by atoms with Crippen molar-refractivity contribution in [3.63, 3.8) is 0 Å². The fourth-order valence-corrected chi connectivity index (χ4v) is 2.66. The smallest absolute Gasteiger partial charge is 0.289 e. The topological polar surface area (TPSA) is 90.4 Å². The van der Waals surface area contributed by atoms with Crippen LogP contribution in [0.5, 0.6) is 0 Å². The number of aromatic nitrogens is 1. The number of hydrogen-bond donors (Lipinski definition) is 2. The average Bonchev–Trinajstić information content (AvgIpc) is 2.91. The van der Waals surface area contributed by atoms with Gasteiger partial charge in [0, 0.05) is 18.6 Å². The molecule has 1 aromatic heterocycles. The number of ether oxygens (including phenoxy) is 1. The number of nitrogens with zero attached hydrogens (tertiary/aromatic N) is 1. The highest BCUT2D eigenvalue weighted by Crippen LogP contribution is 2.37. The van der Waals surface area contributed by atoms with Gasteiger partial charge in [0.05, 0.1) is 17.8 Å². The maximum absolute atomic E-state index is 11.9. The van der Waals surface area contributed by atoms with Crippen LogP contribution in [-0.2, 0) is 4.74 Å². The van der Waals surface area contributed by atoms with Gasteiger partial charge >= 0.3 is 0 Å². The van der Waals surface area contributed by atoms with Crippen LogP contribution in [0.1, 0.15) is 22.7 Å². The van der Waals surface area contributed by atoms with Crippen LogP contribution in [0.4, 0.5) is 0 Å². The van der Waals surface area contributed by atoms with Crippen molar-refractivity contribution in [1.82, 2.24) is 10.3 Å². The molecule has 1 aromatic rings. The fourth-order valence-electron chi connectivity index (χ4n) is 2.66. The number of rotatable bonds is 2. The van der Waals surface area contributed by atoms with Gasteiger partial charge in [-0.25, -0.2) is 4.98 Å². The molecular weight excluding hydrogens is 222 g/mol. The zero-order valence-electron chi connectivity index (χ0n) is 9.55. The summed E-state index contributed by atoms with van der Waals surface area (Å²) in [6, 6.07) is -0.130. The van der Waals surface area contributed by atoms with Gasteiger partial charge in [-0.05, 0) is 13.3 Å². The second-order valence-corrected chi connectivity index (χ2v) is 4.63. The van der Waals surface area contributed by atoms with Crippen LogP contribution in [0, 0.1) is 12.8 Å². The van der Waals surface area contributed by atoms with E-state index >= 15 is 0 Å². The van der Waals surface area contributed by atoms with Crippen LogP contribution in [0.25, 0.3) is 0 Å². The van der Waals surface area contributed by atoms with Gasteiger partial charge < -0.3 is 20.2 Å². The van der Waals surface area contributed by atoms with Gasteiger partial charge in [0.2, 0.25) is 5.76 Å². The minimum atomic E-state index is -0.269. The molecule has 1 amide bonds. The number of fused-ring (bicyclic) bond motifs is 1. The summed E-state index contributed by atoms with van der Waals surface area (Å²) in [7, 11) is 0. The lowest BCUT2D eigenvalue weighted by Crippen LogP contribution is -2.68. The number of amides is 1. The third kappa shape index (κ3) is 1.56. The molecule has 1 saturated carbocycles. The number of hydrogen-bond acceptors (Lipinski definition) is 5. The third-order valence-corrected chi connectivity index (χ3v) is 3.70. The third-order valence-electron chi connectivity index (χ3n) is 3.70. The van der Waals surface area contributed by atoms with Crippen molar-refractivity contribution < 1.29 is 13.9 Å². The lowest BCUT2D eigenvalue weighted by Gasteiger charge is -2.45. The fraction of sp³-hybridized carbons (Fsp3) is 0.636. The van der Waals surface area contributed by atoms with Crippen molar-refractivity contribution in [3.8, 4) is 0 Å². The minimum absolute atomic E-state index is 0.0188. The highest BCUT2D eigenvalue weighted by atomic mass is 16.5. The van der Waals surface area contributed by atoms with E-state index in [0.717, 1.165) is 13.0 Å². The molecule has 2 heterocycles. The largest absolute Gasteiger partial charge is 0.438 e. The second kappa shape index (κ2) is 3.82. The first-order valence-corrected chi connectivity index (χ1v) is 5.76. The molecular formula is C11H15N3O3. The summed E-state index contributed by atoms with van der Waals surface area (Å²) >= 11 is 0. The molecule has 1 saturated heterocycles. The summed E-state index contributed by atoms with van der Waals surface area (Å²) in [5.74, 6) is 0.365. The Balaban J connectivity index is 1.68. The molecule has 6 heteroatoms. The van der Waals surface area contributed by atoms with Gasteiger partial charge in [0.15, 0.2) is 6.39 Å². The first-order valence-electron chi connectivity index (χ1n) is 5.76. The number of carbonyl (C=O) groups excluding carboxylic acids is 1. The van der Waals surface area contributed by atoms with E-state index in [1.165, 1.54) is 6.39 Å². The summed E-state index contributed by atoms with van der Waals surface area (Å²) in [5.41, 5.74) is 6.59. The van der Waals surface area contributed by atoms with E-state index in [1.54, 1.807) is 6.92 Å². The predicted molar refractivity (Wildman–Crippen MR) is 58.3 cm³/mol. The summed E-state index contributed by atoms with van der Waals surface area (Å²) < 4.78 is 10.6. The highest BCUT2D eigenvalue weighted by Gasteiger charge is 2.52. The molecule has 17 heavy (non-hydrogen) atoms. The Bertz CT molecular complexity index is 445. The Hall–Kier alpha value is -1.40. The van der Waals surface area contributed by atoms with E-state index in [1.807, 2.05) is 0 Å². The number of nitrogens with one attached hydrogen (secondary N) is 1. The Labute approximate surface area is 98.5 Å². The molecule has 3 rings (SSSR count). The van der Waals surface area contributed by atoms with Gasteiger partial charge in [-0.1, -0.05) is 0 Å². The van der Waals surface area contributed by atoms with E-state index < -0.39 is 0 Å². The Morgan fingerprint density at radius 1 is 1.65 bits per heavy atom. The van der Waals surface area contributed by atoms with Crippen molar-refractivity contribution in [2.75, 3.05) is 6.61 Å². The van der Waals surface area contributed by atoms with E-state index in [-0.39, 0.29) is 29.9 Å². The maximum atomic E-state index is 11.9. The molecule has 2 aliphatic rings. The number of nitrogens with two attached hydrogens (primary N) is 1. The molecule has 3 N–H and O–H groups in total. The van der Waals surface area contributed by atoms with E-state index in [2.05, 4.69) is 10.3 Å². The van der Waals surface area contributed by atoms with Crippen molar-refractivity contribution in [3.05, 3.63) is 17.8 Å². The van der Waals surface area contributed by atoms with Gasteiger partial charge in [-0.2, -0.15) is 0 Å². The maximum Gasteiger partial charge on any atom is 0.289 e. The zero-order chi connectivity index (χ0) is 12.0. The summed E-state index contributed by atoms with van der Waals surface area (Å²) in [4.78, 5) is 15.8. The zero-order valence-corrected chi connectivity index (χ0v) is 9.55. The second-order valence-electron chi connectivity index (χ2n) is 4.63. The summed E-state index contributed by atoms with van der Waals surface area (Å²) in [6.07, 6.45) is 2.32. The van der Waals surface area contributed by atoms with Gasteiger partial charge in [0.25, 0.3) is 5.91 Å². The Morgan fingerprint density at radius 2 is 2.47 bits per heavy atom. The molecule has 4 unspecified atom stereocenters.